The summed E-state index contributed by atoms with van der Waals surface area (Å²) in [4.78, 5) is 47.1. The normalized spacial score (nSPS) is 24.1. The summed E-state index contributed by atoms with van der Waals surface area (Å²) in [6.45, 7) is -0.122. The Morgan fingerprint density at radius 3 is 2.45 bits per heavy atom. The minimum Gasteiger partial charge on any atom is -0.460 e. The number of imide groups is 1. The molecule has 1 saturated heterocycles. The van der Waals surface area contributed by atoms with Gasteiger partial charge in [-0.1, -0.05) is 30.3 Å². The van der Waals surface area contributed by atoms with E-state index < -0.39 is 41.1 Å². The van der Waals surface area contributed by atoms with Crippen LogP contribution in [0.1, 0.15) is 12.0 Å². The molecule has 2 rings (SSSR count). The fraction of sp³-hybridized carbons (Fsp3) is 0.231. The summed E-state index contributed by atoms with van der Waals surface area (Å²) in [7, 11) is 0. The van der Waals surface area contributed by atoms with E-state index in [1.54, 1.807) is 30.3 Å². The van der Waals surface area contributed by atoms with Crippen molar-refractivity contribution in [1.29, 1.82) is 0 Å². The number of amides is 2. The van der Waals surface area contributed by atoms with Crippen molar-refractivity contribution in [3.63, 3.8) is 0 Å². The fourth-order valence-electron chi connectivity index (χ4n) is 1.94. The van der Waals surface area contributed by atoms with Crippen LogP contribution in [-0.4, -0.2) is 39.1 Å². The second-order valence-electron chi connectivity index (χ2n) is 4.52. The molecule has 0 bridgehead atoms. The topological polar surface area (TPSA) is 127 Å². The van der Waals surface area contributed by atoms with E-state index in [-0.39, 0.29) is 6.61 Å². The molecule has 1 aliphatic heterocycles. The molecule has 0 radical (unpaired) electrons. The summed E-state index contributed by atoms with van der Waals surface area (Å²) in [5, 5.41) is 18.1. The zero-order valence-electron chi connectivity index (χ0n) is 11.2. The molecule has 22 heavy (non-hydrogen) atoms. The summed E-state index contributed by atoms with van der Waals surface area (Å²) in [5.41, 5.74) is 0.666. The van der Waals surface area contributed by atoms with E-state index >= 15 is 0 Å². The molecule has 0 aromatic heterocycles. The minimum atomic E-state index is -2.40. The van der Waals surface area contributed by atoms with Crippen molar-refractivity contribution in [2.24, 2.45) is 5.92 Å². The van der Waals surface area contributed by atoms with E-state index in [4.69, 9.17) is 9.84 Å². The molecule has 2 amide bonds. The molecule has 9 nitrogen and oxygen atoms in total. The zero-order chi connectivity index (χ0) is 16.3. The lowest BCUT2D eigenvalue weighted by atomic mass is 10.1. The molecule has 1 fully saturated rings. The number of hydrogen-bond acceptors (Lipinski definition) is 7. The molecule has 2 unspecified atom stereocenters. The van der Waals surface area contributed by atoms with E-state index in [0.29, 0.717) is 5.56 Å². The van der Waals surface area contributed by atoms with Gasteiger partial charge in [-0.2, -0.15) is 14.8 Å². The Balaban J connectivity index is 2.04. The third-order valence-corrected chi connectivity index (χ3v) is 3.03. The highest BCUT2D eigenvalue weighted by molar-refractivity contribution is 6.04. The molecule has 9 heteroatoms. The lowest BCUT2D eigenvalue weighted by Gasteiger charge is -2.13. The molecule has 0 saturated carbocycles. The van der Waals surface area contributed by atoms with Gasteiger partial charge in [0.25, 0.3) is 0 Å². The molecular formula is C13H12NO8+. The highest BCUT2D eigenvalue weighted by atomic mass is 17.0. The van der Waals surface area contributed by atoms with Crippen LogP contribution in [0, 0.1) is 5.92 Å². The van der Waals surface area contributed by atoms with Gasteiger partial charge < -0.3 is 9.84 Å². The molecule has 0 spiro atoms. The number of carbonyl (C=O) groups is 4. The Bertz CT molecular complexity index is 628. The van der Waals surface area contributed by atoms with Gasteiger partial charge in [0.05, 0.1) is 6.42 Å². The first-order valence-electron chi connectivity index (χ1n) is 6.17. The largest absolute Gasteiger partial charge is 0.561 e. The number of carboxylic acid groups (broad SMARTS) is 1. The summed E-state index contributed by atoms with van der Waals surface area (Å²) in [6, 6.07) is 8.60. The number of carbonyl (C=O) groups excluding carboxylic acids is 3. The van der Waals surface area contributed by atoms with Gasteiger partial charge >= 0.3 is 23.9 Å². The number of benzene rings is 1. The van der Waals surface area contributed by atoms with Crippen molar-refractivity contribution in [3.05, 3.63) is 35.9 Å². The van der Waals surface area contributed by atoms with Gasteiger partial charge in [-0.3, -0.25) is 4.79 Å². The Morgan fingerprint density at radius 1 is 1.23 bits per heavy atom. The molecule has 0 aliphatic carbocycles. The smallest absolute Gasteiger partial charge is 0.460 e. The lowest BCUT2D eigenvalue weighted by molar-refractivity contribution is -1.12. The van der Waals surface area contributed by atoms with Crippen LogP contribution in [0.15, 0.2) is 30.3 Å². The standard InChI is InChI=1S/C13H11NO8/c15-10-6-9(11(16)14(10,20)22-13(18)19)12(17)21-7-8-4-2-1-3-5-8/h1-5,9,20H,6-7H2/p+1. The van der Waals surface area contributed by atoms with Gasteiger partial charge in [0.15, 0.2) is 5.92 Å². The Hall–Kier alpha value is -2.78. The van der Waals surface area contributed by atoms with Gasteiger partial charge in [0.1, 0.15) is 11.4 Å². The molecule has 1 heterocycles. The second-order valence-corrected chi connectivity index (χ2v) is 4.52. The van der Waals surface area contributed by atoms with Crippen molar-refractivity contribution < 1.29 is 43.9 Å². The van der Waals surface area contributed by atoms with Crippen molar-refractivity contribution in [2.75, 3.05) is 0 Å². The highest BCUT2D eigenvalue weighted by Crippen LogP contribution is 2.27. The monoisotopic (exact) mass is 310 g/mol. The van der Waals surface area contributed by atoms with Crippen molar-refractivity contribution >= 4 is 23.9 Å². The molecular weight excluding hydrogens is 298 g/mol. The van der Waals surface area contributed by atoms with E-state index in [2.05, 4.69) is 4.84 Å². The Morgan fingerprint density at radius 2 is 1.86 bits per heavy atom. The van der Waals surface area contributed by atoms with Crippen LogP contribution < -0.4 is 0 Å². The summed E-state index contributed by atoms with van der Waals surface area (Å²) >= 11 is 0. The van der Waals surface area contributed by atoms with Gasteiger partial charge in [0, 0.05) is 0 Å². The van der Waals surface area contributed by atoms with Crippen LogP contribution in [0.4, 0.5) is 4.79 Å². The highest BCUT2D eigenvalue weighted by Gasteiger charge is 2.64. The number of rotatable bonds is 4. The SMILES string of the molecule is O=C(O)O[N+]1(O)C(=O)CC(C(=O)OCc2ccccc2)C1=O. The molecule has 2 atom stereocenters. The maximum atomic E-state index is 11.8. The third-order valence-electron chi connectivity index (χ3n) is 3.03. The maximum Gasteiger partial charge on any atom is 0.561 e. The lowest BCUT2D eigenvalue weighted by Crippen LogP contribution is -2.51. The third kappa shape index (κ3) is 2.95. The van der Waals surface area contributed by atoms with E-state index in [1.165, 1.54) is 0 Å². The predicted octanol–water partition coefficient (Wildman–Crippen LogP) is 0.618. The van der Waals surface area contributed by atoms with Crippen molar-refractivity contribution in [2.45, 2.75) is 13.0 Å². The maximum absolute atomic E-state index is 11.8. The molecule has 116 valence electrons. The minimum absolute atomic E-state index is 0.122. The van der Waals surface area contributed by atoms with E-state index in [1.807, 2.05) is 0 Å². The summed E-state index contributed by atoms with van der Waals surface area (Å²) in [6.07, 6.45) is -2.72. The fourth-order valence-corrected chi connectivity index (χ4v) is 1.94. The van der Waals surface area contributed by atoms with Crippen LogP contribution in [0.5, 0.6) is 0 Å². The molecule has 1 aromatic carbocycles. The first-order valence-corrected chi connectivity index (χ1v) is 6.17. The van der Waals surface area contributed by atoms with Crippen LogP contribution in [0.2, 0.25) is 0 Å². The number of quaternary nitrogens is 1. The summed E-state index contributed by atoms with van der Waals surface area (Å²) < 4.78 is 4.89. The number of hydroxylamine groups is 4. The molecule has 1 aliphatic rings. The number of hydrogen-bond donors (Lipinski definition) is 2. The Labute approximate surface area is 123 Å². The number of nitrogens with zero attached hydrogens (tertiary/aromatic N) is 1. The predicted molar refractivity (Wildman–Crippen MR) is 65.5 cm³/mol. The van der Waals surface area contributed by atoms with Crippen molar-refractivity contribution in [3.8, 4) is 0 Å². The molecule has 1 aromatic rings. The second kappa shape index (κ2) is 5.92. The van der Waals surface area contributed by atoms with Gasteiger partial charge in [0.2, 0.25) is 0 Å². The quantitative estimate of drug-likeness (QED) is 0.272. The average molecular weight is 310 g/mol. The number of esters is 1. The van der Waals surface area contributed by atoms with Gasteiger partial charge in [-0.05, 0) is 5.56 Å². The molecule has 2 N–H and O–H groups in total. The van der Waals surface area contributed by atoms with Crippen molar-refractivity contribution in [1.82, 2.24) is 0 Å². The first-order chi connectivity index (χ1) is 10.3. The van der Waals surface area contributed by atoms with Crippen LogP contribution in [-0.2, 0) is 30.6 Å². The van der Waals surface area contributed by atoms with Crippen LogP contribution in [0.25, 0.3) is 0 Å². The summed E-state index contributed by atoms with van der Waals surface area (Å²) in [5.74, 6) is -5.30. The zero-order valence-corrected chi connectivity index (χ0v) is 11.2. The van der Waals surface area contributed by atoms with Crippen LogP contribution >= 0.6 is 0 Å². The van der Waals surface area contributed by atoms with E-state index in [9.17, 15) is 24.4 Å². The van der Waals surface area contributed by atoms with Gasteiger partial charge in [-0.15, -0.1) is 0 Å². The number of ether oxygens (including phenoxy) is 1. The van der Waals surface area contributed by atoms with E-state index in [0.717, 1.165) is 0 Å². The first kappa shape index (κ1) is 15.6. The van der Waals surface area contributed by atoms with Crippen LogP contribution in [0.3, 0.4) is 0 Å². The average Bonchev–Trinajstić information content (AvgIpc) is 2.69. The van der Waals surface area contributed by atoms with Gasteiger partial charge in [-0.25, -0.2) is 9.59 Å². The Kier molecular flexibility index (Phi) is 4.20.